The molecule has 1 aromatic rings. The van der Waals surface area contributed by atoms with Crippen molar-refractivity contribution in [1.82, 2.24) is 4.90 Å². The standard InChI is InChI=1S/C16H24ClNO/c1-18(2)11-12-19-16(9-4-3-5-10-16)14-7-6-8-15(17)13-14/h6-8,13H,3-5,9-12H2,1-2H3. The van der Waals surface area contributed by atoms with E-state index in [2.05, 4.69) is 31.1 Å². The van der Waals surface area contributed by atoms with Crippen molar-refractivity contribution < 1.29 is 4.74 Å². The van der Waals surface area contributed by atoms with Crippen LogP contribution < -0.4 is 0 Å². The van der Waals surface area contributed by atoms with Crippen LogP contribution in [0.1, 0.15) is 37.7 Å². The predicted octanol–water partition coefficient (Wildman–Crippen LogP) is 4.08. The van der Waals surface area contributed by atoms with Crippen LogP contribution in [0.2, 0.25) is 5.02 Å². The molecule has 0 bridgehead atoms. The highest BCUT2D eigenvalue weighted by atomic mass is 35.5. The molecule has 0 N–H and O–H groups in total. The van der Waals surface area contributed by atoms with Gasteiger partial charge in [-0.25, -0.2) is 0 Å². The average Bonchev–Trinajstić information content (AvgIpc) is 2.39. The molecule has 0 aliphatic heterocycles. The minimum Gasteiger partial charge on any atom is -0.369 e. The predicted molar refractivity (Wildman–Crippen MR) is 80.7 cm³/mol. The van der Waals surface area contributed by atoms with Gasteiger partial charge in [0.1, 0.15) is 0 Å². The first-order valence-corrected chi connectivity index (χ1v) is 7.55. The van der Waals surface area contributed by atoms with Gasteiger partial charge in [-0.15, -0.1) is 0 Å². The van der Waals surface area contributed by atoms with Crippen molar-refractivity contribution in [2.45, 2.75) is 37.7 Å². The van der Waals surface area contributed by atoms with Crippen molar-refractivity contribution in [3.8, 4) is 0 Å². The van der Waals surface area contributed by atoms with Crippen molar-refractivity contribution in [2.24, 2.45) is 0 Å². The SMILES string of the molecule is CN(C)CCOC1(c2cccc(Cl)c2)CCCCC1. The van der Waals surface area contributed by atoms with Gasteiger partial charge in [0.15, 0.2) is 0 Å². The summed E-state index contributed by atoms with van der Waals surface area (Å²) in [6.45, 7) is 1.74. The summed E-state index contributed by atoms with van der Waals surface area (Å²) in [7, 11) is 4.16. The second-order valence-electron chi connectivity index (χ2n) is 5.72. The van der Waals surface area contributed by atoms with E-state index in [1.54, 1.807) is 0 Å². The second kappa shape index (κ2) is 6.74. The smallest absolute Gasteiger partial charge is 0.0932 e. The minimum absolute atomic E-state index is 0.112. The topological polar surface area (TPSA) is 12.5 Å². The fourth-order valence-corrected chi connectivity index (χ4v) is 3.02. The van der Waals surface area contributed by atoms with Gasteiger partial charge in [0, 0.05) is 11.6 Å². The maximum Gasteiger partial charge on any atom is 0.0932 e. The fraction of sp³-hybridized carbons (Fsp3) is 0.625. The van der Waals surface area contributed by atoms with E-state index in [4.69, 9.17) is 16.3 Å². The first kappa shape index (κ1) is 14.8. The summed E-state index contributed by atoms with van der Waals surface area (Å²) in [5, 5.41) is 0.804. The molecule has 106 valence electrons. The Kier molecular flexibility index (Phi) is 5.26. The van der Waals surface area contributed by atoms with Gasteiger partial charge in [-0.2, -0.15) is 0 Å². The van der Waals surface area contributed by atoms with Gasteiger partial charge in [0.05, 0.1) is 12.2 Å². The van der Waals surface area contributed by atoms with Gasteiger partial charge in [0.2, 0.25) is 0 Å². The number of rotatable bonds is 5. The summed E-state index contributed by atoms with van der Waals surface area (Å²) >= 11 is 6.15. The Morgan fingerprint density at radius 1 is 1.21 bits per heavy atom. The molecule has 19 heavy (non-hydrogen) atoms. The zero-order chi connectivity index (χ0) is 13.7. The lowest BCUT2D eigenvalue weighted by molar-refractivity contribution is -0.0792. The highest BCUT2D eigenvalue weighted by Gasteiger charge is 2.34. The van der Waals surface area contributed by atoms with Gasteiger partial charge in [0.25, 0.3) is 0 Å². The minimum atomic E-state index is -0.112. The van der Waals surface area contributed by atoms with Crippen LogP contribution in [0, 0.1) is 0 Å². The van der Waals surface area contributed by atoms with Crippen LogP contribution in [-0.4, -0.2) is 32.1 Å². The Labute approximate surface area is 121 Å². The van der Waals surface area contributed by atoms with Crippen LogP contribution in [0.3, 0.4) is 0 Å². The molecule has 0 spiro atoms. The van der Waals surface area contributed by atoms with Crippen molar-refractivity contribution >= 4 is 11.6 Å². The quantitative estimate of drug-likeness (QED) is 0.806. The molecular formula is C16H24ClNO. The number of likely N-dealkylation sites (N-methyl/N-ethyl adjacent to an activating group) is 1. The van der Waals surface area contributed by atoms with Gasteiger partial charge in [-0.3, -0.25) is 0 Å². The monoisotopic (exact) mass is 281 g/mol. The van der Waals surface area contributed by atoms with Crippen LogP contribution >= 0.6 is 11.6 Å². The molecule has 1 aliphatic rings. The van der Waals surface area contributed by atoms with Crippen LogP contribution in [0.25, 0.3) is 0 Å². The van der Waals surface area contributed by atoms with E-state index in [0.717, 1.165) is 31.0 Å². The first-order valence-electron chi connectivity index (χ1n) is 7.17. The Balaban J connectivity index is 2.14. The van der Waals surface area contributed by atoms with Crippen molar-refractivity contribution in [3.63, 3.8) is 0 Å². The Morgan fingerprint density at radius 2 is 1.95 bits per heavy atom. The lowest BCUT2D eigenvalue weighted by Gasteiger charge is -2.38. The number of benzene rings is 1. The first-order chi connectivity index (χ1) is 9.12. The van der Waals surface area contributed by atoms with Crippen LogP contribution in [0.15, 0.2) is 24.3 Å². The van der Waals surface area contributed by atoms with Gasteiger partial charge in [-0.05, 0) is 44.6 Å². The summed E-state index contributed by atoms with van der Waals surface area (Å²) in [5.41, 5.74) is 1.14. The van der Waals surface area contributed by atoms with E-state index in [1.165, 1.54) is 24.8 Å². The summed E-state index contributed by atoms with van der Waals surface area (Å²) in [6.07, 6.45) is 6.03. The van der Waals surface area contributed by atoms with Crippen molar-refractivity contribution in [2.75, 3.05) is 27.2 Å². The Hall–Kier alpha value is -0.570. The van der Waals surface area contributed by atoms with Crippen LogP contribution in [0.4, 0.5) is 0 Å². The number of halogens is 1. The summed E-state index contributed by atoms with van der Waals surface area (Å²) in [5.74, 6) is 0. The van der Waals surface area contributed by atoms with Crippen molar-refractivity contribution in [1.29, 1.82) is 0 Å². The molecular weight excluding hydrogens is 258 g/mol. The molecule has 0 radical (unpaired) electrons. The molecule has 3 heteroatoms. The van der Waals surface area contributed by atoms with Crippen molar-refractivity contribution in [3.05, 3.63) is 34.9 Å². The highest BCUT2D eigenvalue weighted by Crippen LogP contribution is 2.41. The molecule has 0 aromatic heterocycles. The molecule has 0 saturated heterocycles. The van der Waals surface area contributed by atoms with Crippen LogP contribution in [0.5, 0.6) is 0 Å². The Morgan fingerprint density at radius 3 is 2.58 bits per heavy atom. The number of hydrogen-bond donors (Lipinski definition) is 0. The molecule has 1 fully saturated rings. The normalized spacial score (nSPS) is 18.7. The molecule has 2 nitrogen and oxygen atoms in total. The summed E-state index contributed by atoms with van der Waals surface area (Å²) in [4.78, 5) is 2.16. The van der Waals surface area contributed by atoms with E-state index in [-0.39, 0.29) is 5.60 Å². The fourth-order valence-electron chi connectivity index (χ4n) is 2.83. The lowest BCUT2D eigenvalue weighted by atomic mass is 9.79. The summed E-state index contributed by atoms with van der Waals surface area (Å²) < 4.78 is 6.32. The third-order valence-electron chi connectivity index (χ3n) is 3.93. The molecule has 0 amide bonds. The number of ether oxygens (including phenoxy) is 1. The lowest BCUT2D eigenvalue weighted by Crippen LogP contribution is -2.34. The molecule has 2 rings (SSSR count). The number of nitrogens with zero attached hydrogens (tertiary/aromatic N) is 1. The van der Waals surface area contributed by atoms with E-state index < -0.39 is 0 Å². The molecule has 1 aromatic carbocycles. The molecule has 1 saturated carbocycles. The van der Waals surface area contributed by atoms with Gasteiger partial charge in [-0.1, -0.05) is 43.0 Å². The maximum absolute atomic E-state index is 6.32. The second-order valence-corrected chi connectivity index (χ2v) is 6.15. The van der Waals surface area contributed by atoms with E-state index >= 15 is 0 Å². The zero-order valence-corrected chi connectivity index (χ0v) is 12.7. The molecule has 0 unspecified atom stereocenters. The zero-order valence-electron chi connectivity index (χ0n) is 12.0. The maximum atomic E-state index is 6.32. The third kappa shape index (κ3) is 3.95. The molecule has 1 aliphatic carbocycles. The Bertz CT molecular complexity index is 399. The summed E-state index contributed by atoms with van der Waals surface area (Å²) in [6, 6.07) is 8.19. The van der Waals surface area contributed by atoms with E-state index in [9.17, 15) is 0 Å². The average molecular weight is 282 g/mol. The van der Waals surface area contributed by atoms with Crippen LogP contribution in [-0.2, 0) is 10.3 Å². The molecule has 0 heterocycles. The number of hydrogen-bond acceptors (Lipinski definition) is 2. The van der Waals surface area contributed by atoms with Gasteiger partial charge >= 0.3 is 0 Å². The molecule has 0 atom stereocenters. The van der Waals surface area contributed by atoms with E-state index in [1.807, 2.05) is 12.1 Å². The highest BCUT2D eigenvalue weighted by molar-refractivity contribution is 6.30. The third-order valence-corrected chi connectivity index (χ3v) is 4.16. The van der Waals surface area contributed by atoms with Gasteiger partial charge < -0.3 is 9.64 Å². The van der Waals surface area contributed by atoms with E-state index in [0.29, 0.717) is 0 Å². The largest absolute Gasteiger partial charge is 0.369 e.